The number of hydrogen-bond donors (Lipinski definition) is 3. The quantitative estimate of drug-likeness (QED) is 0.678. The van der Waals surface area contributed by atoms with E-state index in [9.17, 15) is 13.2 Å². The van der Waals surface area contributed by atoms with Crippen molar-refractivity contribution in [1.29, 1.82) is 0 Å². The van der Waals surface area contributed by atoms with Crippen LogP contribution >= 0.6 is 11.3 Å². The number of hydrogen-bond acceptors (Lipinski definition) is 5. The van der Waals surface area contributed by atoms with E-state index in [1.165, 1.54) is 0 Å². The van der Waals surface area contributed by atoms with E-state index in [-0.39, 0.29) is 15.1 Å². The highest BCUT2D eigenvalue weighted by Crippen LogP contribution is 2.16. The molecule has 1 aromatic heterocycles. The van der Waals surface area contributed by atoms with Gasteiger partial charge in [0.05, 0.1) is 0 Å². The summed E-state index contributed by atoms with van der Waals surface area (Å²) in [5.74, 6) is 0. The van der Waals surface area contributed by atoms with Gasteiger partial charge in [-0.2, -0.15) is 0 Å². The van der Waals surface area contributed by atoms with Crippen molar-refractivity contribution < 1.29 is 8.42 Å². The predicted molar refractivity (Wildman–Crippen MR) is 61.3 cm³/mol. The predicted octanol–water partition coefficient (Wildman–Crippen LogP) is -0.615. The fourth-order valence-electron chi connectivity index (χ4n) is 1.67. The minimum Gasteiger partial charge on any atom is -0.315 e. The Bertz CT molecular complexity index is 525. The van der Waals surface area contributed by atoms with E-state index in [4.69, 9.17) is 0 Å². The molecule has 0 aliphatic carbocycles. The lowest BCUT2D eigenvalue weighted by Gasteiger charge is -2.10. The normalized spacial score (nSPS) is 21.4. The van der Waals surface area contributed by atoms with Crippen molar-refractivity contribution in [1.82, 2.24) is 15.0 Å². The highest BCUT2D eigenvalue weighted by molar-refractivity contribution is 7.91. The summed E-state index contributed by atoms with van der Waals surface area (Å²) >= 11 is 0.723. The first-order valence-corrected chi connectivity index (χ1v) is 7.22. The lowest BCUT2D eigenvalue weighted by atomic mass is 10.3. The molecule has 1 atom stereocenters. The van der Waals surface area contributed by atoms with Crippen molar-refractivity contribution in [2.45, 2.75) is 23.6 Å². The van der Waals surface area contributed by atoms with Crippen molar-refractivity contribution >= 4 is 21.4 Å². The molecular formula is C8H13N3O3S2. The van der Waals surface area contributed by atoms with Crippen molar-refractivity contribution in [2.24, 2.45) is 0 Å². The molecule has 1 aliphatic heterocycles. The number of aromatic amines is 1. The molecule has 0 unspecified atom stereocenters. The summed E-state index contributed by atoms with van der Waals surface area (Å²) in [7, 11) is -3.56. The van der Waals surface area contributed by atoms with Crippen LogP contribution in [0.5, 0.6) is 0 Å². The number of aryl methyl sites for hydroxylation is 1. The van der Waals surface area contributed by atoms with Crippen molar-refractivity contribution in [2.75, 3.05) is 13.1 Å². The third kappa shape index (κ3) is 2.34. The molecule has 0 radical (unpaired) electrons. The van der Waals surface area contributed by atoms with E-state index < -0.39 is 10.0 Å². The molecular weight excluding hydrogens is 250 g/mol. The van der Waals surface area contributed by atoms with Gasteiger partial charge < -0.3 is 10.3 Å². The molecule has 6 nitrogen and oxygen atoms in total. The van der Waals surface area contributed by atoms with Crippen LogP contribution in [0.15, 0.2) is 9.00 Å². The van der Waals surface area contributed by atoms with Crippen molar-refractivity contribution in [3.63, 3.8) is 0 Å². The molecule has 3 N–H and O–H groups in total. The van der Waals surface area contributed by atoms with Gasteiger partial charge in [0.25, 0.3) is 10.0 Å². The van der Waals surface area contributed by atoms with Crippen molar-refractivity contribution in [3.05, 3.63) is 15.4 Å². The van der Waals surface area contributed by atoms with Crippen LogP contribution in [-0.4, -0.2) is 32.5 Å². The first kappa shape index (κ1) is 11.8. The van der Waals surface area contributed by atoms with E-state index in [2.05, 4.69) is 15.0 Å². The molecule has 2 heterocycles. The van der Waals surface area contributed by atoms with Gasteiger partial charge in [0.15, 0.2) is 4.21 Å². The summed E-state index contributed by atoms with van der Waals surface area (Å²) in [4.78, 5) is 13.2. The second kappa shape index (κ2) is 4.28. The fourth-order valence-corrected chi connectivity index (χ4v) is 4.26. The van der Waals surface area contributed by atoms with Crippen LogP contribution in [0.2, 0.25) is 0 Å². The van der Waals surface area contributed by atoms with E-state index in [1.807, 2.05) is 0 Å². The smallest absolute Gasteiger partial charge is 0.305 e. The molecule has 0 aromatic carbocycles. The van der Waals surface area contributed by atoms with Gasteiger partial charge in [-0.3, -0.25) is 4.79 Å². The summed E-state index contributed by atoms with van der Waals surface area (Å²) in [5.41, 5.74) is 0.397. The van der Waals surface area contributed by atoms with Crippen LogP contribution < -0.4 is 14.9 Å². The molecule has 8 heteroatoms. The Hall–Kier alpha value is -0.700. The molecule has 1 aromatic rings. The molecule has 0 saturated carbocycles. The number of nitrogens with one attached hydrogen (secondary N) is 3. The van der Waals surface area contributed by atoms with Gasteiger partial charge in [-0.25, -0.2) is 13.1 Å². The highest BCUT2D eigenvalue weighted by Gasteiger charge is 2.25. The maximum Gasteiger partial charge on any atom is 0.305 e. The maximum atomic E-state index is 11.9. The minimum absolute atomic E-state index is 0.0818. The third-order valence-electron chi connectivity index (χ3n) is 2.41. The Morgan fingerprint density at radius 3 is 2.75 bits per heavy atom. The van der Waals surface area contributed by atoms with Crippen LogP contribution in [-0.2, 0) is 10.0 Å². The van der Waals surface area contributed by atoms with E-state index in [0.717, 1.165) is 24.3 Å². The molecule has 0 bridgehead atoms. The number of sulfonamides is 1. The van der Waals surface area contributed by atoms with Gasteiger partial charge in [-0.1, -0.05) is 11.3 Å². The summed E-state index contributed by atoms with van der Waals surface area (Å²) in [6.45, 7) is 3.03. The van der Waals surface area contributed by atoms with E-state index in [0.29, 0.717) is 12.2 Å². The number of rotatable bonds is 3. The van der Waals surface area contributed by atoms with Crippen LogP contribution in [0.4, 0.5) is 0 Å². The van der Waals surface area contributed by atoms with Crippen LogP contribution in [0.3, 0.4) is 0 Å². The standard InChI is InChI=1S/C8H13N3O3S2/c1-5-7(15-8(12)10-5)16(13,14)11-6-2-3-9-4-6/h6,9,11H,2-4H2,1H3,(H,10,12)/t6-/m0/s1. The average Bonchev–Trinajstić information content (AvgIpc) is 2.75. The first-order valence-electron chi connectivity index (χ1n) is 4.92. The van der Waals surface area contributed by atoms with Gasteiger partial charge in [-0.05, 0) is 19.9 Å². The van der Waals surface area contributed by atoms with Gasteiger partial charge in [0.1, 0.15) is 0 Å². The lowest BCUT2D eigenvalue weighted by Crippen LogP contribution is -2.36. The van der Waals surface area contributed by atoms with Gasteiger partial charge in [-0.15, -0.1) is 0 Å². The summed E-state index contributed by atoms with van der Waals surface area (Å²) in [5, 5.41) is 3.07. The number of aromatic nitrogens is 1. The summed E-state index contributed by atoms with van der Waals surface area (Å²) < 4.78 is 26.5. The zero-order chi connectivity index (χ0) is 11.8. The Labute approximate surface area is 97.1 Å². The zero-order valence-electron chi connectivity index (χ0n) is 8.74. The Kier molecular flexibility index (Phi) is 3.15. The monoisotopic (exact) mass is 263 g/mol. The fraction of sp³-hybridized carbons (Fsp3) is 0.625. The molecule has 1 aliphatic rings. The minimum atomic E-state index is -3.56. The summed E-state index contributed by atoms with van der Waals surface area (Å²) in [6.07, 6.45) is 0.775. The molecule has 16 heavy (non-hydrogen) atoms. The van der Waals surface area contributed by atoms with Crippen molar-refractivity contribution in [3.8, 4) is 0 Å². The Morgan fingerprint density at radius 2 is 2.25 bits per heavy atom. The molecule has 1 saturated heterocycles. The second-order valence-electron chi connectivity index (χ2n) is 3.74. The maximum absolute atomic E-state index is 11.9. The molecule has 90 valence electrons. The Morgan fingerprint density at radius 1 is 1.50 bits per heavy atom. The Balaban J connectivity index is 2.24. The van der Waals surface area contributed by atoms with Crippen LogP contribution in [0.25, 0.3) is 0 Å². The molecule has 2 rings (SSSR count). The van der Waals surface area contributed by atoms with Crippen LogP contribution in [0.1, 0.15) is 12.1 Å². The summed E-state index contributed by atoms with van der Waals surface area (Å²) in [6, 6.07) is -0.0818. The van der Waals surface area contributed by atoms with Gasteiger partial charge in [0.2, 0.25) is 0 Å². The SMILES string of the molecule is Cc1[nH]c(=O)sc1S(=O)(=O)N[C@H]1CCNC1. The topological polar surface area (TPSA) is 91.1 Å². The van der Waals surface area contributed by atoms with Gasteiger partial charge in [0, 0.05) is 18.3 Å². The first-order chi connectivity index (χ1) is 7.49. The van der Waals surface area contributed by atoms with Gasteiger partial charge >= 0.3 is 4.87 Å². The highest BCUT2D eigenvalue weighted by atomic mass is 32.2. The zero-order valence-corrected chi connectivity index (χ0v) is 10.4. The number of thiazole rings is 1. The molecule has 0 spiro atoms. The largest absolute Gasteiger partial charge is 0.315 e. The average molecular weight is 263 g/mol. The van der Waals surface area contributed by atoms with E-state index >= 15 is 0 Å². The van der Waals surface area contributed by atoms with E-state index in [1.54, 1.807) is 6.92 Å². The third-order valence-corrected chi connectivity index (χ3v) is 5.53. The lowest BCUT2D eigenvalue weighted by molar-refractivity contribution is 0.561. The number of H-pyrrole nitrogens is 1. The van der Waals surface area contributed by atoms with Crippen LogP contribution in [0, 0.1) is 6.92 Å². The molecule has 0 amide bonds. The molecule has 1 fully saturated rings. The second-order valence-corrected chi connectivity index (χ2v) is 6.63.